The molecule has 1 N–H and O–H groups in total. The molecular weight excluding hydrogens is 278 g/mol. The number of hydrogen-bond donors (Lipinski definition) is 1. The van der Waals surface area contributed by atoms with Crippen LogP contribution in [0.5, 0.6) is 5.75 Å². The summed E-state index contributed by atoms with van der Waals surface area (Å²) in [5.41, 5.74) is 4.61. The first-order chi connectivity index (χ1) is 10.6. The fourth-order valence-corrected chi connectivity index (χ4v) is 2.14. The summed E-state index contributed by atoms with van der Waals surface area (Å²) in [6.07, 6.45) is 0. The van der Waals surface area contributed by atoms with Gasteiger partial charge in [-0.1, -0.05) is 29.8 Å². The fourth-order valence-electron chi connectivity index (χ4n) is 2.14. The highest BCUT2D eigenvalue weighted by Gasteiger charge is 2.04. The molecule has 0 radical (unpaired) electrons. The molecule has 0 unspecified atom stereocenters. The number of carbonyl (C=O) groups excluding carboxylic acids is 1. The molecule has 4 nitrogen and oxygen atoms in total. The normalized spacial score (nSPS) is 10.1. The van der Waals surface area contributed by atoms with Crippen LogP contribution in [0.15, 0.2) is 42.5 Å². The second-order valence-electron chi connectivity index (χ2n) is 5.18. The second kappa shape index (κ2) is 7.50. The largest absolute Gasteiger partial charge is 0.482 e. The summed E-state index contributed by atoms with van der Waals surface area (Å²) >= 11 is 0. The Bertz CT molecular complexity index is 653. The lowest BCUT2D eigenvalue weighted by atomic mass is 10.1. The maximum absolute atomic E-state index is 11.1. The highest BCUT2D eigenvalue weighted by Crippen LogP contribution is 2.22. The SMILES string of the molecule is COC(=O)COc1ccc(NCc2cccc(C)c2)c(C)c1. The molecule has 0 aliphatic rings. The van der Waals surface area contributed by atoms with Crippen molar-refractivity contribution in [3.63, 3.8) is 0 Å². The van der Waals surface area contributed by atoms with E-state index in [0.29, 0.717) is 5.75 Å². The molecule has 0 heterocycles. The molecule has 0 aromatic heterocycles. The van der Waals surface area contributed by atoms with Gasteiger partial charge in [0.05, 0.1) is 7.11 Å². The molecule has 2 aromatic carbocycles. The first kappa shape index (κ1) is 15.9. The molecule has 2 aromatic rings. The lowest BCUT2D eigenvalue weighted by molar-refractivity contribution is -0.142. The topological polar surface area (TPSA) is 47.6 Å². The van der Waals surface area contributed by atoms with Gasteiger partial charge in [0, 0.05) is 12.2 Å². The number of nitrogens with one attached hydrogen (secondary N) is 1. The number of esters is 1. The standard InChI is InChI=1S/C18H21NO3/c1-13-5-4-6-15(9-13)11-19-17-8-7-16(10-14(17)2)22-12-18(20)21-3/h4-10,19H,11-12H2,1-3H3. The van der Waals surface area contributed by atoms with Crippen molar-refractivity contribution in [2.45, 2.75) is 20.4 Å². The molecule has 0 aliphatic carbocycles. The molecule has 0 amide bonds. The van der Waals surface area contributed by atoms with Crippen LogP contribution in [0.25, 0.3) is 0 Å². The average molecular weight is 299 g/mol. The Hall–Kier alpha value is -2.49. The van der Waals surface area contributed by atoms with Gasteiger partial charge < -0.3 is 14.8 Å². The third kappa shape index (κ3) is 4.52. The van der Waals surface area contributed by atoms with Crippen LogP contribution in [0.3, 0.4) is 0 Å². The molecule has 0 aliphatic heterocycles. The maximum atomic E-state index is 11.1. The van der Waals surface area contributed by atoms with Gasteiger partial charge in [-0.2, -0.15) is 0 Å². The van der Waals surface area contributed by atoms with E-state index in [1.807, 2.05) is 25.1 Å². The third-order valence-electron chi connectivity index (χ3n) is 3.35. The highest BCUT2D eigenvalue weighted by molar-refractivity contribution is 5.71. The summed E-state index contributed by atoms with van der Waals surface area (Å²) in [5.74, 6) is 0.267. The molecule has 0 fully saturated rings. The maximum Gasteiger partial charge on any atom is 0.343 e. The minimum atomic E-state index is -0.390. The average Bonchev–Trinajstić information content (AvgIpc) is 2.51. The zero-order valence-corrected chi connectivity index (χ0v) is 13.2. The lowest BCUT2D eigenvalue weighted by Crippen LogP contribution is -2.12. The van der Waals surface area contributed by atoms with Crippen LogP contribution >= 0.6 is 0 Å². The first-order valence-corrected chi connectivity index (χ1v) is 7.18. The van der Waals surface area contributed by atoms with E-state index in [0.717, 1.165) is 17.8 Å². The van der Waals surface area contributed by atoms with Gasteiger partial charge in [0.1, 0.15) is 5.75 Å². The smallest absolute Gasteiger partial charge is 0.343 e. The summed E-state index contributed by atoms with van der Waals surface area (Å²) in [5, 5.41) is 3.41. The van der Waals surface area contributed by atoms with E-state index in [1.54, 1.807) is 0 Å². The molecule has 2 rings (SSSR count). The van der Waals surface area contributed by atoms with Crippen molar-refractivity contribution in [3.05, 3.63) is 59.2 Å². The van der Waals surface area contributed by atoms with Gasteiger partial charge in [0.15, 0.2) is 6.61 Å². The Labute approximate surface area is 131 Å². The Morgan fingerprint density at radius 1 is 1.14 bits per heavy atom. The van der Waals surface area contributed by atoms with Crippen LogP contribution in [-0.2, 0) is 16.1 Å². The van der Waals surface area contributed by atoms with E-state index in [2.05, 4.69) is 41.2 Å². The van der Waals surface area contributed by atoms with Crippen molar-refractivity contribution < 1.29 is 14.3 Å². The zero-order valence-electron chi connectivity index (χ0n) is 13.2. The summed E-state index contributed by atoms with van der Waals surface area (Å²) in [6.45, 7) is 4.78. The van der Waals surface area contributed by atoms with Gasteiger partial charge in [-0.3, -0.25) is 0 Å². The van der Waals surface area contributed by atoms with Crippen LogP contribution in [0.4, 0.5) is 5.69 Å². The van der Waals surface area contributed by atoms with E-state index in [4.69, 9.17) is 4.74 Å². The van der Waals surface area contributed by atoms with Gasteiger partial charge in [-0.25, -0.2) is 4.79 Å². The number of benzene rings is 2. The molecule has 0 saturated heterocycles. The van der Waals surface area contributed by atoms with Gasteiger partial charge in [-0.15, -0.1) is 0 Å². The third-order valence-corrected chi connectivity index (χ3v) is 3.35. The number of methoxy groups -OCH3 is 1. The van der Waals surface area contributed by atoms with Gasteiger partial charge in [0.25, 0.3) is 0 Å². The Kier molecular flexibility index (Phi) is 5.42. The molecule has 22 heavy (non-hydrogen) atoms. The van der Waals surface area contributed by atoms with E-state index >= 15 is 0 Å². The minimum absolute atomic E-state index is 0.0774. The molecule has 0 atom stereocenters. The van der Waals surface area contributed by atoms with Gasteiger partial charge in [0.2, 0.25) is 0 Å². The Morgan fingerprint density at radius 3 is 2.64 bits per heavy atom. The number of carbonyl (C=O) groups is 1. The van der Waals surface area contributed by atoms with Crippen LogP contribution in [-0.4, -0.2) is 19.7 Å². The van der Waals surface area contributed by atoms with E-state index in [1.165, 1.54) is 18.2 Å². The number of anilines is 1. The predicted molar refractivity (Wildman–Crippen MR) is 87.2 cm³/mol. The Balaban J connectivity index is 1.96. The summed E-state index contributed by atoms with van der Waals surface area (Å²) in [4.78, 5) is 11.1. The van der Waals surface area contributed by atoms with E-state index in [9.17, 15) is 4.79 Å². The number of aryl methyl sites for hydroxylation is 2. The molecule has 0 bridgehead atoms. The highest BCUT2D eigenvalue weighted by atomic mass is 16.6. The van der Waals surface area contributed by atoms with Crippen molar-refractivity contribution in [3.8, 4) is 5.75 Å². The van der Waals surface area contributed by atoms with Crippen LogP contribution < -0.4 is 10.1 Å². The molecule has 4 heteroatoms. The summed E-state index contributed by atoms with van der Waals surface area (Å²) < 4.78 is 9.92. The molecule has 0 spiro atoms. The van der Waals surface area contributed by atoms with Crippen molar-refractivity contribution in [1.82, 2.24) is 0 Å². The minimum Gasteiger partial charge on any atom is -0.482 e. The van der Waals surface area contributed by atoms with Crippen molar-refractivity contribution >= 4 is 11.7 Å². The lowest BCUT2D eigenvalue weighted by Gasteiger charge is -2.12. The second-order valence-corrected chi connectivity index (χ2v) is 5.18. The van der Waals surface area contributed by atoms with Crippen LogP contribution in [0.1, 0.15) is 16.7 Å². The van der Waals surface area contributed by atoms with Gasteiger partial charge >= 0.3 is 5.97 Å². The van der Waals surface area contributed by atoms with Crippen LogP contribution in [0, 0.1) is 13.8 Å². The summed E-state index contributed by atoms with van der Waals surface area (Å²) in [7, 11) is 1.34. The zero-order chi connectivity index (χ0) is 15.9. The monoisotopic (exact) mass is 299 g/mol. The van der Waals surface area contributed by atoms with E-state index < -0.39 is 0 Å². The number of hydrogen-bond acceptors (Lipinski definition) is 4. The number of rotatable bonds is 6. The Morgan fingerprint density at radius 2 is 1.95 bits per heavy atom. The molecule has 116 valence electrons. The quantitative estimate of drug-likeness (QED) is 0.830. The van der Waals surface area contributed by atoms with Crippen molar-refractivity contribution in [2.24, 2.45) is 0 Å². The molecular formula is C18H21NO3. The predicted octanol–water partition coefficient (Wildman–Crippen LogP) is 3.47. The van der Waals surface area contributed by atoms with E-state index in [-0.39, 0.29) is 12.6 Å². The summed E-state index contributed by atoms with van der Waals surface area (Å²) in [6, 6.07) is 14.1. The fraction of sp³-hybridized carbons (Fsp3) is 0.278. The molecule has 0 saturated carbocycles. The van der Waals surface area contributed by atoms with Crippen molar-refractivity contribution in [1.29, 1.82) is 0 Å². The van der Waals surface area contributed by atoms with Gasteiger partial charge in [-0.05, 0) is 43.2 Å². The van der Waals surface area contributed by atoms with Crippen molar-refractivity contribution in [2.75, 3.05) is 19.0 Å². The first-order valence-electron chi connectivity index (χ1n) is 7.18. The number of ether oxygens (including phenoxy) is 2. The van der Waals surface area contributed by atoms with Crippen LogP contribution in [0.2, 0.25) is 0 Å².